The number of aromatic nitrogens is 2. The van der Waals surface area contributed by atoms with E-state index in [9.17, 15) is 4.79 Å². The van der Waals surface area contributed by atoms with Crippen LogP contribution in [-0.2, 0) is 13.1 Å². The van der Waals surface area contributed by atoms with Crippen LogP contribution in [0.2, 0.25) is 0 Å². The Kier molecular flexibility index (Phi) is 6.32. The molecule has 0 fully saturated rings. The number of anilines is 1. The lowest BCUT2D eigenvalue weighted by Gasteiger charge is -2.12. The Morgan fingerprint density at radius 1 is 1.14 bits per heavy atom. The Hall–Kier alpha value is -3.28. The summed E-state index contributed by atoms with van der Waals surface area (Å²) in [6.07, 6.45) is 3.81. The van der Waals surface area contributed by atoms with E-state index in [0.29, 0.717) is 12.5 Å². The van der Waals surface area contributed by atoms with Gasteiger partial charge in [0.15, 0.2) is 0 Å². The third kappa shape index (κ3) is 5.13. The zero-order valence-corrected chi connectivity index (χ0v) is 16.5. The van der Waals surface area contributed by atoms with E-state index < -0.39 is 0 Å². The molecule has 6 nitrogen and oxygen atoms in total. The van der Waals surface area contributed by atoms with Crippen LogP contribution < -0.4 is 15.4 Å². The molecular formula is C22H26N4O2. The highest BCUT2D eigenvalue weighted by Gasteiger charge is 2.08. The van der Waals surface area contributed by atoms with Gasteiger partial charge in [-0.05, 0) is 35.4 Å². The van der Waals surface area contributed by atoms with E-state index >= 15 is 0 Å². The quantitative estimate of drug-likeness (QED) is 0.641. The second-order valence-electron chi connectivity index (χ2n) is 6.92. The first kappa shape index (κ1) is 19.5. The number of ether oxygens (including phenoxy) is 1. The molecule has 0 atom stereocenters. The number of hydrogen-bond acceptors (Lipinski definition) is 3. The van der Waals surface area contributed by atoms with Gasteiger partial charge in [-0.3, -0.25) is 0 Å². The molecule has 0 unspecified atom stereocenters. The van der Waals surface area contributed by atoms with Crippen molar-refractivity contribution in [2.75, 3.05) is 12.4 Å². The summed E-state index contributed by atoms with van der Waals surface area (Å²) in [6.45, 7) is 5.42. The summed E-state index contributed by atoms with van der Waals surface area (Å²) in [5, 5.41) is 5.76. The fourth-order valence-electron chi connectivity index (χ4n) is 3.00. The molecule has 146 valence electrons. The van der Waals surface area contributed by atoms with E-state index in [0.717, 1.165) is 34.9 Å². The Labute approximate surface area is 165 Å². The van der Waals surface area contributed by atoms with Crippen molar-refractivity contribution < 1.29 is 9.53 Å². The number of benzene rings is 2. The molecule has 0 aliphatic carbocycles. The van der Waals surface area contributed by atoms with Crippen LogP contribution >= 0.6 is 0 Å². The minimum absolute atomic E-state index is 0.238. The molecule has 3 rings (SSSR count). The van der Waals surface area contributed by atoms with Crippen molar-refractivity contribution in [2.45, 2.75) is 32.9 Å². The maximum Gasteiger partial charge on any atom is 0.319 e. The molecule has 0 aliphatic heterocycles. The minimum Gasteiger partial charge on any atom is -0.497 e. The number of carbonyl (C=O) groups is 1. The molecule has 0 radical (unpaired) electrons. The predicted octanol–water partition coefficient (Wildman–Crippen LogP) is 4.39. The third-order valence-corrected chi connectivity index (χ3v) is 4.41. The topological polar surface area (TPSA) is 68.2 Å². The van der Waals surface area contributed by atoms with Crippen LogP contribution in [0.3, 0.4) is 0 Å². The fourth-order valence-corrected chi connectivity index (χ4v) is 3.00. The minimum atomic E-state index is -0.238. The Bertz CT molecular complexity index is 916. The van der Waals surface area contributed by atoms with Gasteiger partial charge in [0.1, 0.15) is 11.6 Å². The summed E-state index contributed by atoms with van der Waals surface area (Å²) in [5.74, 6) is 2.21. The van der Waals surface area contributed by atoms with Crippen LogP contribution in [0.25, 0.3) is 0 Å². The number of methoxy groups -OCH3 is 1. The van der Waals surface area contributed by atoms with Crippen molar-refractivity contribution in [3.05, 3.63) is 77.9 Å². The number of amides is 2. The Morgan fingerprint density at radius 3 is 2.64 bits per heavy atom. The van der Waals surface area contributed by atoms with Crippen molar-refractivity contribution in [3.63, 3.8) is 0 Å². The van der Waals surface area contributed by atoms with Gasteiger partial charge in [0, 0.05) is 37.1 Å². The lowest BCUT2D eigenvalue weighted by atomic mass is 10.1. The van der Waals surface area contributed by atoms with Gasteiger partial charge in [0.2, 0.25) is 0 Å². The van der Waals surface area contributed by atoms with Crippen molar-refractivity contribution in [1.29, 1.82) is 0 Å². The van der Waals surface area contributed by atoms with Gasteiger partial charge in [-0.2, -0.15) is 0 Å². The lowest BCUT2D eigenvalue weighted by molar-refractivity contribution is 0.251. The molecule has 0 saturated carbocycles. The maximum atomic E-state index is 12.2. The van der Waals surface area contributed by atoms with Crippen LogP contribution in [0, 0.1) is 0 Å². The van der Waals surface area contributed by atoms with Crippen molar-refractivity contribution in [3.8, 4) is 5.75 Å². The van der Waals surface area contributed by atoms with Crippen LogP contribution in [0.5, 0.6) is 5.75 Å². The first-order valence-electron chi connectivity index (χ1n) is 9.33. The van der Waals surface area contributed by atoms with Crippen molar-refractivity contribution in [1.82, 2.24) is 14.9 Å². The van der Waals surface area contributed by atoms with Gasteiger partial charge in [0.05, 0.1) is 7.11 Å². The van der Waals surface area contributed by atoms with Gasteiger partial charge in [-0.1, -0.05) is 38.1 Å². The molecule has 0 bridgehead atoms. The highest BCUT2D eigenvalue weighted by Crippen LogP contribution is 2.16. The van der Waals surface area contributed by atoms with Crippen molar-refractivity contribution in [2.24, 2.45) is 0 Å². The van der Waals surface area contributed by atoms with Gasteiger partial charge < -0.3 is 19.9 Å². The molecule has 1 aromatic heterocycles. The van der Waals surface area contributed by atoms with E-state index in [1.165, 1.54) is 0 Å². The molecule has 2 aromatic carbocycles. The van der Waals surface area contributed by atoms with E-state index in [1.807, 2.05) is 60.9 Å². The number of nitrogens with zero attached hydrogens (tertiary/aromatic N) is 2. The van der Waals surface area contributed by atoms with E-state index in [4.69, 9.17) is 4.74 Å². The summed E-state index contributed by atoms with van der Waals surface area (Å²) in [5.41, 5.74) is 2.87. The van der Waals surface area contributed by atoms with Gasteiger partial charge in [-0.25, -0.2) is 9.78 Å². The highest BCUT2D eigenvalue weighted by atomic mass is 16.5. The summed E-state index contributed by atoms with van der Waals surface area (Å²) in [7, 11) is 1.63. The predicted molar refractivity (Wildman–Crippen MR) is 111 cm³/mol. The number of rotatable bonds is 7. The normalized spacial score (nSPS) is 10.7. The van der Waals surface area contributed by atoms with E-state index in [-0.39, 0.29) is 6.03 Å². The second kappa shape index (κ2) is 9.08. The average molecular weight is 378 g/mol. The van der Waals surface area contributed by atoms with Gasteiger partial charge >= 0.3 is 6.03 Å². The standard InChI is InChI=1S/C22H26N4O2/c1-16(2)21-23-11-12-26(21)15-18-5-4-6-19(13-18)25-22(27)24-14-17-7-9-20(28-3)10-8-17/h4-13,16H,14-15H2,1-3H3,(H2,24,25,27). The van der Waals surface area contributed by atoms with E-state index in [1.54, 1.807) is 7.11 Å². The summed E-state index contributed by atoms with van der Waals surface area (Å²) < 4.78 is 7.27. The van der Waals surface area contributed by atoms with Crippen molar-refractivity contribution >= 4 is 11.7 Å². The first-order chi connectivity index (χ1) is 13.5. The first-order valence-corrected chi connectivity index (χ1v) is 9.33. The molecule has 0 aliphatic rings. The largest absolute Gasteiger partial charge is 0.497 e. The molecule has 1 heterocycles. The molecule has 6 heteroatoms. The molecule has 3 aromatic rings. The van der Waals surface area contributed by atoms with Crippen LogP contribution in [0.4, 0.5) is 10.5 Å². The molecular weight excluding hydrogens is 352 g/mol. The number of hydrogen-bond donors (Lipinski definition) is 2. The molecule has 0 spiro atoms. The van der Waals surface area contributed by atoms with E-state index in [2.05, 4.69) is 34.0 Å². The second-order valence-corrected chi connectivity index (χ2v) is 6.92. The number of carbonyl (C=O) groups excluding carboxylic acids is 1. The zero-order valence-electron chi connectivity index (χ0n) is 16.5. The summed E-state index contributed by atoms with van der Waals surface area (Å²) in [4.78, 5) is 16.6. The smallest absolute Gasteiger partial charge is 0.319 e. The van der Waals surface area contributed by atoms with Gasteiger partial charge in [0.25, 0.3) is 0 Å². The van der Waals surface area contributed by atoms with Gasteiger partial charge in [-0.15, -0.1) is 0 Å². The average Bonchev–Trinajstić information content (AvgIpc) is 3.15. The highest BCUT2D eigenvalue weighted by molar-refractivity contribution is 5.89. The Balaban J connectivity index is 1.57. The summed E-state index contributed by atoms with van der Waals surface area (Å²) >= 11 is 0. The molecule has 2 N–H and O–H groups in total. The third-order valence-electron chi connectivity index (χ3n) is 4.41. The molecule has 28 heavy (non-hydrogen) atoms. The Morgan fingerprint density at radius 2 is 1.93 bits per heavy atom. The number of nitrogens with one attached hydrogen (secondary N) is 2. The number of urea groups is 1. The zero-order chi connectivity index (χ0) is 19.9. The maximum absolute atomic E-state index is 12.2. The van der Waals surface area contributed by atoms with Crippen LogP contribution in [0.15, 0.2) is 60.9 Å². The SMILES string of the molecule is COc1ccc(CNC(=O)Nc2cccc(Cn3ccnc3C(C)C)c2)cc1. The molecule has 2 amide bonds. The van der Waals surface area contributed by atoms with Crippen LogP contribution in [0.1, 0.15) is 36.7 Å². The van der Waals surface area contributed by atoms with Crippen LogP contribution in [-0.4, -0.2) is 22.7 Å². The summed E-state index contributed by atoms with van der Waals surface area (Å²) in [6, 6.07) is 15.2. The number of imidazole rings is 1. The monoisotopic (exact) mass is 378 g/mol. The lowest BCUT2D eigenvalue weighted by Crippen LogP contribution is -2.28. The molecule has 0 saturated heterocycles. The fraction of sp³-hybridized carbons (Fsp3) is 0.273.